The molecule has 0 saturated heterocycles. The highest BCUT2D eigenvalue weighted by Crippen LogP contribution is 2.36. The minimum atomic E-state index is -1.34. The van der Waals surface area contributed by atoms with Gasteiger partial charge in [0.15, 0.2) is 5.78 Å². The molecule has 0 spiro atoms. The molecule has 0 saturated carbocycles. The molecule has 0 aliphatic rings. The second-order valence-corrected chi connectivity index (χ2v) is 7.20. The van der Waals surface area contributed by atoms with Crippen molar-refractivity contribution in [2.75, 3.05) is 12.5 Å². The Bertz CT molecular complexity index is 896. The summed E-state index contributed by atoms with van der Waals surface area (Å²) in [5, 5.41) is 10.7. The predicted octanol–water partition coefficient (Wildman–Crippen LogP) is 3.92. The maximum atomic E-state index is 12.9. The summed E-state index contributed by atoms with van der Waals surface area (Å²) in [6, 6.07) is 8.82. The second-order valence-electron chi connectivity index (χ2n) is 5.73. The third kappa shape index (κ3) is 5.24. The third-order valence-corrected chi connectivity index (χ3v) is 5.16. The molecule has 2 aromatic rings. The van der Waals surface area contributed by atoms with Crippen LogP contribution in [0, 0.1) is 13.8 Å². The van der Waals surface area contributed by atoms with Crippen LogP contribution in [-0.2, 0) is 14.3 Å². The summed E-state index contributed by atoms with van der Waals surface area (Å²) < 4.78 is 4.90. The number of ketones is 1. The molecule has 1 heterocycles. The number of aryl methyl sites for hydroxylation is 1. The van der Waals surface area contributed by atoms with E-state index in [9.17, 15) is 14.4 Å². The van der Waals surface area contributed by atoms with Crippen molar-refractivity contribution in [2.24, 2.45) is 10.2 Å². The number of esters is 1. The third-order valence-electron chi connectivity index (χ3n) is 3.82. The number of amides is 1. The van der Waals surface area contributed by atoms with E-state index in [0.717, 1.165) is 10.4 Å². The van der Waals surface area contributed by atoms with Crippen LogP contribution in [0.5, 0.6) is 0 Å². The Morgan fingerprint density at radius 1 is 1.21 bits per heavy atom. The summed E-state index contributed by atoms with van der Waals surface area (Å²) >= 11 is 6.76. The lowest BCUT2D eigenvalue weighted by Gasteiger charge is -2.11. The average Bonchev–Trinajstić information content (AvgIpc) is 2.98. The van der Waals surface area contributed by atoms with Crippen LogP contribution < -0.4 is 5.32 Å². The van der Waals surface area contributed by atoms with E-state index in [0.29, 0.717) is 16.1 Å². The Hall–Kier alpha value is -2.58. The number of nitrogens with one attached hydrogen (secondary N) is 1. The Morgan fingerprint density at radius 2 is 1.89 bits per heavy atom. The number of benzene rings is 1. The Morgan fingerprint density at radius 3 is 2.50 bits per heavy atom. The normalized spacial score (nSPS) is 12.0. The minimum Gasteiger partial charge on any atom is -0.463 e. The Balaban J connectivity index is 2.38. The molecule has 0 fully saturated rings. The maximum Gasteiger partial charge on any atom is 0.353 e. The van der Waals surface area contributed by atoms with Gasteiger partial charge in [0, 0.05) is 10.4 Å². The largest absolute Gasteiger partial charge is 0.463 e. The van der Waals surface area contributed by atoms with Crippen LogP contribution in [0.15, 0.2) is 40.6 Å². The summed E-state index contributed by atoms with van der Waals surface area (Å²) in [7, 11) is 0. The molecular formula is C19H20ClN3O4S. The first-order valence-corrected chi connectivity index (χ1v) is 9.86. The highest BCUT2D eigenvalue weighted by Gasteiger charge is 2.24. The number of thiophene rings is 1. The number of halogens is 1. The van der Waals surface area contributed by atoms with Crippen molar-refractivity contribution in [2.45, 2.75) is 26.9 Å². The zero-order valence-corrected chi connectivity index (χ0v) is 17.3. The number of carbonyl (C=O) groups excluding carboxylic acids is 3. The fourth-order valence-corrected chi connectivity index (χ4v) is 3.40. The van der Waals surface area contributed by atoms with E-state index in [2.05, 4.69) is 15.5 Å². The molecule has 1 unspecified atom stereocenters. The van der Waals surface area contributed by atoms with Crippen LogP contribution in [0.1, 0.15) is 33.3 Å². The van der Waals surface area contributed by atoms with Crippen molar-refractivity contribution >= 4 is 45.6 Å². The van der Waals surface area contributed by atoms with E-state index in [4.69, 9.17) is 16.3 Å². The van der Waals surface area contributed by atoms with Crippen molar-refractivity contribution in [1.82, 2.24) is 5.32 Å². The first kappa shape index (κ1) is 21.7. The molecule has 0 aliphatic carbocycles. The highest BCUT2D eigenvalue weighted by molar-refractivity contribution is 7.16. The topological polar surface area (TPSA) is 97.2 Å². The van der Waals surface area contributed by atoms with E-state index < -0.39 is 18.0 Å². The monoisotopic (exact) mass is 421 g/mol. The van der Waals surface area contributed by atoms with Crippen molar-refractivity contribution in [1.29, 1.82) is 0 Å². The molecule has 0 aliphatic heterocycles. The average molecular weight is 422 g/mol. The van der Waals surface area contributed by atoms with Gasteiger partial charge in [-0.15, -0.1) is 28.1 Å². The lowest BCUT2D eigenvalue weighted by atomic mass is 10.0. The zero-order valence-electron chi connectivity index (χ0n) is 15.7. The lowest BCUT2D eigenvalue weighted by Crippen LogP contribution is -2.40. The van der Waals surface area contributed by atoms with Gasteiger partial charge in [0.25, 0.3) is 0 Å². The van der Waals surface area contributed by atoms with Crippen LogP contribution in [-0.4, -0.2) is 36.3 Å². The van der Waals surface area contributed by atoms with Crippen molar-refractivity contribution in [3.63, 3.8) is 0 Å². The molecule has 0 radical (unpaired) electrons. The van der Waals surface area contributed by atoms with E-state index >= 15 is 0 Å². The van der Waals surface area contributed by atoms with E-state index in [1.54, 1.807) is 31.2 Å². The lowest BCUT2D eigenvalue weighted by molar-refractivity contribution is -0.147. The van der Waals surface area contributed by atoms with Gasteiger partial charge in [0.2, 0.25) is 12.1 Å². The van der Waals surface area contributed by atoms with E-state index in [1.165, 1.54) is 11.3 Å². The number of nitrogens with zero attached hydrogens (tertiary/aromatic N) is 2. The molecule has 1 atom stereocenters. The number of azo groups is 1. The number of hydrogen-bond acceptors (Lipinski definition) is 7. The Kier molecular flexibility index (Phi) is 7.83. The summed E-state index contributed by atoms with van der Waals surface area (Å²) in [4.78, 5) is 37.4. The van der Waals surface area contributed by atoms with Gasteiger partial charge in [-0.3, -0.25) is 9.59 Å². The second kappa shape index (κ2) is 10.1. The standard InChI is InChI=1S/C19H20ClN3O4S/c1-4-27-19(26)17(21-14(24)10-20)22-23-18-15(11(2)12(3)28-18)16(25)13-8-6-5-7-9-13/h5-9,17H,4,10H2,1-3H3,(H,21,24). The minimum absolute atomic E-state index is 0.122. The summed E-state index contributed by atoms with van der Waals surface area (Å²) in [5.74, 6) is -1.86. The SMILES string of the molecule is CCOC(=O)C(N=Nc1sc(C)c(C)c1C(=O)c1ccccc1)NC(=O)CCl. The van der Waals surface area contributed by atoms with E-state index in [1.807, 2.05) is 19.9 Å². The van der Waals surface area contributed by atoms with E-state index in [-0.39, 0.29) is 18.3 Å². The molecular weight excluding hydrogens is 402 g/mol. The van der Waals surface area contributed by atoms with Gasteiger partial charge in [-0.25, -0.2) is 4.79 Å². The first-order chi connectivity index (χ1) is 13.4. The van der Waals surface area contributed by atoms with Gasteiger partial charge in [-0.2, -0.15) is 5.11 Å². The smallest absolute Gasteiger partial charge is 0.353 e. The van der Waals surface area contributed by atoms with Crippen LogP contribution >= 0.6 is 22.9 Å². The molecule has 148 valence electrons. The predicted molar refractivity (Wildman–Crippen MR) is 107 cm³/mol. The summed E-state index contributed by atoms with van der Waals surface area (Å²) in [6.45, 7) is 5.46. The highest BCUT2D eigenvalue weighted by atomic mass is 35.5. The van der Waals surface area contributed by atoms with Crippen LogP contribution in [0.4, 0.5) is 5.00 Å². The van der Waals surface area contributed by atoms with Crippen molar-refractivity contribution < 1.29 is 19.1 Å². The molecule has 28 heavy (non-hydrogen) atoms. The molecule has 0 bridgehead atoms. The molecule has 9 heteroatoms. The zero-order chi connectivity index (χ0) is 20.7. The van der Waals surface area contributed by atoms with Crippen LogP contribution in [0.2, 0.25) is 0 Å². The van der Waals surface area contributed by atoms with Gasteiger partial charge in [0.05, 0.1) is 12.2 Å². The van der Waals surface area contributed by atoms with Crippen molar-refractivity contribution in [3.05, 3.63) is 51.9 Å². The number of hydrogen-bond donors (Lipinski definition) is 1. The number of alkyl halides is 1. The molecule has 1 N–H and O–H groups in total. The quantitative estimate of drug-likeness (QED) is 0.302. The number of rotatable bonds is 8. The molecule has 2 rings (SSSR count). The van der Waals surface area contributed by atoms with Gasteiger partial charge in [-0.1, -0.05) is 30.3 Å². The fraction of sp³-hybridized carbons (Fsp3) is 0.316. The van der Waals surface area contributed by atoms with Gasteiger partial charge in [-0.05, 0) is 26.3 Å². The fourth-order valence-electron chi connectivity index (χ4n) is 2.34. The molecule has 1 aromatic heterocycles. The van der Waals surface area contributed by atoms with Crippen molar-refractivity contribution in [3.8, 4) is 0 Å². The van der Waals surface area contributed by atoms with Crippen LogP contribution in [0.3, 0.4) is 0 Å². The number of carbonyl (C=O) groups is 3. The maximum absolute atomic E-state index is 12.9. The molecule has 1 amide bonds. The van der Waals surface area contributed by atoms with Gasteiger partial charge in [0.1, 0.15) is 10.9 Å². The molecule has 7 nitrogen and oxygen atoms in total. The van der Waals surface area contributed by atoms with Gasteiger partial charge < -0.3 is 10.1 Å². The summed E-state index contributed by atoms with van der Waals surface area (Å²) in [6.07, 6.45) is -1.34. The number of ether oxygens (including phenoxy) is 1. The molecule has 1 aromatic carbocycles. The Labute approximate surface area is 171 Å². The van der Waals surface area contributed by atoms with Gasteiger partial charge >= 0.3 is 5.97 Å². The first-order valence-electron chi connectivity index (χ1n) is 8.51. The summed E-state index contributed by atoms with van der Waals surface area (Å²) in [5.41, 5.74) is 1.74. The van der Waals surface area contributed by atoms with Crippen LogP contribution in [0.25, 0.3) is 0 Å².